The Morgan fingerprint density at radius 2 is 2.10 bits per heavy atom. The molecule has 0 saturated carbocycles. The van der Waals surface area contributed by atoms with Gasteiger partial charge in [0, 0.05) is 18.3 Å². The van der Waals surface area contributed by atoms with Crippen LogP contribution in [-0.2, 0) is 6.54 Å². The third-order valence-electron chi connectivity index (χ3n) is 3.46. The molecule has 1 atom stereocenters. The lowest BCUT2D eigenvalue weighted by Gasteiger charge is -2.18. The summed E-state index contributed by atoms with van der Waals surface area (Å²) in [6, 6.07) is 8.38. The largest absolute Gasteiger partial charge is 0.497 e. The normalized spacial score (nSPS) is 12.3. The lowest BCUT2D eigenvalue weighted by Crippen LogP contribution is -2.22. The summed E-state index contributed by atoms with van der Waals surface area (Å²) in [4.78, 5) is 0. The van der Waals surface area contributed by atoms with Gasteiger partial charge in [-0.05, 0) is 37.1 Å². The van der Waals surface area contributed by atoms with Crippen LogP contribution >= 0.6 is 0 Å². The van der Waals surface area contributed by atoms with Gasteiger partial charge in [-0.2, -0.15) is 5.10 Å². The Hall–Kier alpha value is -1.81. The van der Waals surface area contributed by atoms with Crippen LogP contribution in [-0.4, -0.2) is 23.4 Å². The quantitative estimate of drug-likeness (QED) is 0.809. The molecule has 0 aliphatic rings. The van der Waals surface area contributed by atoms with E-state index in [4.69, 9.17) is 4.74 Å². The predicted molar refractivity (Wildman–Crippen MR) is 85.6 cm³/mol. The molecule has 0 bridgehead atoms. The number of hydrogen-bond donors (Lipinski definition) is 1. The fraction of sp³-hybridized carbons (Fsp3) is 0.471. The molecule has 1 aromatic heterocycles. The molecule has 114 valence electrons. The highest BCUT2D eigenvalue weighted by atomic mass is 16.5. The predicted octanol–water partition coefficient (Wildman–Crippen LogP) is 3.39. The number of benzene rings is 1. The lowest BCUT2D eigenvalue weighted by molar-refractivity contribution is 0.413. The standard InChI is InChI=1S/C17H25N3O/c1-4-9-18-17(14-7-6-8-16(11-14)21-3)15-12-19-20(13-15)10-5-2/h6-8,11-13,17-18H,4-5,9-10H2,1-3H3. The molecular weight excluding hydrogens is 262 g/mol. The van der Waals surface area contributed by atoms with E-state index in [9.17, 15) is 0 Å². The third kappa shape index (κ3) is 4.08. The van der Waals surface area contributed by atoms with Crippen LogP contribution in [0.25, 0.3) is 0 Å². The maximum atomic E-state index is 5.34. The molecule has 0 amide bonds. The molecule has 1 aromatic carbocycles. The molecule has 0 radical (unpaired) electrons. The second kappa shape index (κ2) is 7.84. The molecule has 2 rings (SSSR count). The van der Waals surface area contributed by atoms with Gasteiger partial charge in [0.1, 0.15) is 5.75 Å². The number of aryl methyl sites for hydroxylation is 1. The van der Waals surface area contributed by atoms with E-state index in [0.29, 0.717) is 0 Å². The minimum atomic E-state index is 0.158. The molecule has 2 aromatic rings. The average molecular weight is 287 g/mol. The molecule has 0 saturated heterocycles. The van der Waals surface area contributed by atoms with Crippen LogP contribution in [0.2, 0.25) is 0 Å². The Balaban J connectivity index is 2.27. The first kappa shape index (κ1) is 15.6. The lowest BCUT2D eigenvalue weighted by atomic mass is 10.0. The minimum absolute atomic E-state index is 0.158. The van der Waals surface area contributed by atoms with Crippen molar-refractivity contribution < 1.29 is 4.74 Å². The van der Waals surface area contributed by atoms with Crippen molar-refractivity contribution in [2.24, 2.45) is 0 Å². The maximum Gasteiger partial charge on any atom is 0.119 e. The Bertz CT molecular complexity index is 550. The molecule has 1 unspecified atom stereocenters. The SMILES string of the molecule is CCCNC(c1cccc(OC)c1)c1cnn(CCC)c1. The summed E-state index contributed by atoms with van der Waals surface area (Å²) < 4.78 is 7.35. The second-order valence-electron chi connectivity index (χ2n) is 5.20. The van der Waals surface area contributed by atoms with Gasteiger partial charge in [0.15, 0.2) is 0 Å². The van der Waals surface area contributed by atoms with Crippen molar-refractivity contribution in [2.75, 3.05) is 13.7 Å². The monoisotopic (exact) mass is 287 g/mol. The zero-order chi connectivity index (χ0) is 15.1. The van der Waals surface area contributed by atoms with E-state index >= 15 is 0 Å². The maximum absolute atomic E-state index is 5.34. The van der Waals surface area contributed by atoms with Crippen LogP contribution in [0, 0.1) is 0 Å². The highest BCUT2D eigenvalue weighted by Gasteiger charge is 2.15. The molecule has 0 fully saturated rings. The summed E-state index contributed by atoms with van der Waals surface area (Å²) in [5, 5.41) is 8.05. The van der Waals surface area contributed by atoms with Crippen molar-refractivity contribution >= 4 is 0 Å². The van der Waals surface area contributed by atoms with Crippen LogP contribution in [0.1, 0.15) is 43.9 Å². The van der Waals surface area contributed by atoms with Crippen LogP contribution < -0.4 is 10.1 Å². The number of rotatable bonds is 8. The average Bonchev–Trinajstić information content (AvgIpc) is 2.97. The van der Waals surface area contributed by atoms with Crippen molar-refractivity contribution in [1.82, 2.24) is 15.1 Å². The van der Waals surface area contributed by atoms with Crippen LogP contribution in [0.4, 0.5) is 0 Å². The first-order valence-corrected chi connectivity index (χ1v) is 7.68. The van der Waals surface area contributed by atoms with Crippen LogP contribution in [0.15, 0.2) is 36.7 Å². The summed E-state index contributed by atoms with van der Waals surface area (Å²) in [6.07, 6.45) is 6.29. The fourth-order valence-electron chi connectivity index (χ4n) is 2.42. The highest BCUT2D eigenvalue weighted by molar-refractivity contribution is 5.35. The van der Waals surface area contributed by atoms with E-state index in [0.717, 1.165) is 31.7 Å². The van der Waals surface area contributed by atoms with Crippen molar-refractivity contribution in [3.05, 3.63) is 47.8 Å². The zero-order valence-corrected chi connectivity index (χ0v) is 13.2. The summed E-state index contributed by atoms with van der Waals surface area (Å²) in [6.45, 7) is 6.27. The topological polar surface area (TPSA) is 39.1 Å². The number of aromatic nitrogens is 2. The molecule has 21 heavy (non-hydrogen) atoms. The second-order valence-corrected chi connectivity index (χ2v) is 5.20. The van der Waals surface area contributed by atoms with Gasteiger partial charge in [0.2, 0.25) is 0 Å². The number of nitrogens with zero attached hydrogens (tertiary/aromatic N) is 2. The van der Waals surface area contributed by atoms with Crippen LogP contribution in [0.5, 0.6) is 5.75 Å². The summed E-state index contributed by atoms with van der Waals surface area (Å²) in [5.41, 5.74) is 2.41. The van der Waals surface area contributed by atoms with E-state index in [1.165, 1.54) is 11.1 Å². The number of methoxy groups -OCH3 is 1. The van der Waals surface area contributed by atoms with Gasteiger partial charge in [-0.15, -0.1) is 0 Å². The van der Waals surface area contributed by atoms with Gasteiger partial charge < -0.3 is 10.1 Å². The van der Waals surface area contributed by atoms with Gasteiger partial charge in [-0.25, -0.2) is 0 Å². The fourth-order valence-corrected chi connectivity index (χ4v) is 2.42. The summed E-state index contributed by atoms with van der Waals surface area (Å²) in [7, 11) is 1.70. The van der Waals surface area contributed by atoms with E-state index < -0.39 is 0 Å². The van der Waals surface area contributed by atoms with Gasteiger partial charge in [0.25, 0.3) is 0 Å². The molecule has 1 N–H and O–H groups in total. The van der Waals surface area contributed by atoms with Gasteiger partial charge in [-0.3, -0.25) is 4.68 Å². The number of hydrogen-bond acceptors (Lipinski definition) is 3. The summed E-state index contributed by atoms with van der Waals surface area (Å²) in [5.74, 6) is 0.886. The number of ether oxygens (including phenoxy) is 1. The first-order valence-electron chi connectivity index (χ1n) is 7.68. The summed E-state index contributed by atoms with van der Waals surface area (Å²) >= 11 is 0. The highest BCUT2D eigenvalue weighted by Crippen LogP contribution is 2.25. The van der Waals surface area contributed by atoms with E-state index in [1.807, 2.05) is 23.0 Å². The molecule has 4 nitrogen and oxygen atoms in total. The van der Waals surface area contributed by atoms with Crippen molar-refractivity contribution in [2.45, 2.75) is 39.3 Å². The molecule has 0 aliphatic heterocycles. The van der Waals surface area contributed by atoms with Gasteiger partial charge in [-0.1, -0.05) is 26.0 Å². The van der Waals surface area contributed by atoms with E-state index in [1.54, 1.807) is 7.11 Å². The van der Waals surface area contributed by atoms with Crippen LogP contribution in [0.3, 0.4) is 0 Å². The molecular formula is C17H25N3O. The smallest absolute Gasteiger partial charge is 0.119 e. The Labute approximate surface area is 127 Å². The Morgan fingerprint density at radius 3 is 2.81 bits per heavy atom. The van der Waals surface area contributed by atoms with E-state index in [-0.39, 0.29) is 6.04 Å². The number of nitrogens with one attached hydrogen (secondary N) is 1. The van der Waals surface area contributed by atoms with Crippen molar-refractivity contribution in [3.8, 4) is 5.75 Å². The molecule has 0 aliphatic carbocycles. The minimum Gasteiger partial charge on any atom is -0.497 e. The van der Waals surface area contributed by atoms with E-state index in [2.05, 4.69) is 42.6 Å². The molecule has 1 heterocycles. The van der Waals surface area contributed by atoms with Gasteiger partial charge in [0.05, 0.1) is 19.3 Å². The van der Waals surface area contributed by atoms with Crippen molar-refractivity contribution in [1.29, 1.82) is 0 Å². The third-order valence-corrected chi connectivity index (χ3v) is 3.46. The Morgan fingerprint density at radius 1 is 1.24 bits per heavy atom. The van der Waals surface area contributed by atoms with Crippen molar-refractivity contribution in [3.63, 3.8) is 0 Å². The Kier molecular flexibility index (Phi) is 5.81. The molecule has 4 heteroatoms. The van der Waals surface area contributed by atoms with Gasteiger partial charge >= 0.3 is 0 Å². The zero-order valence-electron chi connectivity index (χ0n) is 13.2. The molecule has 0 spiro atoms. The first-order chi connectivity index (χ1) is 10.3.